The van der Waals surface area contributed by atoms with Crippen LogP contribution in [0.2, 0.25) is 5.02 Å². The second kappa shape index (κ2) is 6.28. The van der Waals surface area contributed by atoms with Crippen LogP contribution in [0.1, 0.15) is 11.1 Å². The van der Waals surface area contributed by atoms with Crippen LogP contribution in [0.3, 0.4) is 0 Å². The van der Waals surface area contributed by atoms with Gasteiger partial charge in [-0.2, -0.15) is 0 Å². The first kappa shape index (κ1) is 14.2. The lowest BCUT2D eigenvalue weighted by Crippen LogP contribution is -2.02. The first-order valence-corrected chi connectivity index (χ1v) is 7.41. The highest BCUT2D eigenvalue weighted by Crippen LogP contribution is 2.19. The highest BCUT2D eigenvalue weighted by molar-refractivity contribution is 7.84. The zero-order chi connectivity index (χ0) is 13.8. The zero-order valence-corrected chi connectivity index (χ0v) is 11.7. The smallest absolute Gasteiger partial charge is 0.127 e. The molecule has 0 radical (unpaired) electrons. The largest absolute Gasteiger partial charge is 0.326 e. The molecule has 0 aliphatic heterocycles. The van der Waals surface area contributed by atoms with E-state index in [0.29, 0.717) is 22.0 Å². The Morgan fingerprint density at radius 3 is 2.68 bits per heavy atom. The van der Waals surface area contributed by atoms with Crippen LogP contribution in [0.5, 0.6) is 0 Å². The van der Waals surface area contributed by atoms with Gasteiger partial charge in [0.15, 0.2) is 0 Å². The van der Waals surface area contributed by atoms with Crippen molar-refractivity contribution in [2.45, 2.75) is 17.2 Å². The highest BCUT2D eigenvalue weighted by Gasteiger charge is 2.10. The molecule has 0 spiro atoms. The Hall–Kier alpha value is -1.23. The van der Waals surface area contributed by atoms with Crippen LogP contribution < -0.4 is 5.73 Å². The van der Waals surface area contributed by atoms with Gasteiger partial charge in [-0.3, -0.25) is 4.21 Å². The Morgan fingerprint density at radius 2 is 2.00 bits per heavy atom. The number of nitrogens with two attached hydrogens (primary N) is 1. The lowest BCUT2D eigenvalue weighted by molar-refractivity contribution is 0.614. The molecule has 2 aromatic carbocycles. The minimum atomic E-state index is -1.33. The van der Waals surface area contributed by atoms with E-state index in [1.54, 1.807) is 36.4 Å². The van der Waals surface area contributed by atoms with E-state index < -0.39 is 10.8 Å². The number of benzene rings is 2. The van der Waals surface area contributed by atoms with E-state index in [0.717, 1.165) is 5.56 Å². The van der Waals surface area contributed by atoms with E-state index in [-0.39, 0.29) is 11.6 Å². The molecule has 1 atom stereocenters. The molecule has 0 heterocycles. The molecule has 0 aliphatic carbocycles. The first-order chi connectivity index (χ1) is 9.10. The zero-order valence-electron chi connectivity index (χ0n) is 10.1. The molecule has 1 unspecified atom stereocenters. The molecule has 0 fully saturated rings. The summed E-state index contributed by atoms with van der Waals surface area (Å²) in [5.41, 5.74) is 6.74. The van der Waals surface area contributed by atoms with Gasteiger partial charge >= 0.3 is 0 Å². The molecule has 0 amide bonds. The van der Waals surface area contributed by atoms with Gasteiger partial charge in [0, 0.05) is 22.0 Å². The van der Waals surface area contributed by atoms with Crippen molar-refractivity contribution >= 4 is 22.4 Å². The molecular weight excluding hydrogens is 285 g/mol. The van der Waals surface area contributed by atoms with Crippen LogP contribution in [0, 0.1) is 5.82 Å². The van der Waals surface area contributed by atoms with Crippen LogP contribution >= 0.6 is 11.6 Å². The van der Waals surface area contributed by atoms with Crippen LogP contribution in [-0.2, 0) is 23.1 Å². The van der Waals surface area contributed by atoms with Crippen molar-refractivity contribution in [2.24, 2.45) is 5.73 Å². The number of halogens is 2. The van der Waals surface area contributed by atoms with Crippen molar-refractivity contribution in [1.29, 1.82) is 0 Å². The fourth-order valence-corrected chi connectivity index (χ4v) is 3.11. The number of hydrogen-bond donors (Lipinski definition) is 1. The molecule has 2 rings (SSSR count). The van der Waals surface area contributed by atoms with Crippen molar-refractivity contribution in [2.75, 3.05) is 0 Å². The molecule has 5 heteroatoms. The molecule has 19 heavy (non-hydrogen) atoms. The van der Waals surface area contributed by atoms with Crippen LogP contribution in [-0.4, -0.2) is 4.21 Å². The fourth-order valence-electron chi connectivity index (χ4n) is 1.70. The predicted octanol–water partition coefficient (Wildman–Crippen LogP) is 3.25. The lowest BCUT2D eigenvalue weighted by atomic mass is 10.1. The summed E-state index contributed by atoms with van der Waals surface area (Å²) in [7, 11) is -1.33. The third-order valence-corrected chi connectivity index (χ3v) is 4.28. The minimum absolute atomic E-state index is 0.111. The second-order valence-corrected chi connectivity index (χ2v) is 5.96. The van der Waals surface area contributed by atoms with Crippen LogP contribution in [0.15, 0.2) is 47.4 Å². The molecule has 0 saturated carbocycles. The topological polar surface area (TPSA) is 43.1 Å². The molecule has 0 aliphatic rings. The standard InChI is InChI=1S/C14H13ClFNOS/c15-12-2-1-3-13(7-12)19(18)9-11-6-10(8-17)4-5-14(11)16/h1-7H,8-9,17H2. The summed E-state index contributed by atoms with van der Waals surface area (Å²) in [5, 5.41) is 0.516. The Kier molecular flexibility index (Phi) is 4.69. The van der Waals surface area contributed by atoms with Gasteiger partial charge in [0.1, 0.15) is 5.82 Å². The van der Waals surface area contributed by atoms with Crippen molar-refractivity contribution in [3.8, 4) is 0 Å². The average Bonchev–Trinajstić information content (AvgIpc) is 2.41. The van der Waals surface area contributed by atoms with Crippen molar-refractivity contribution in [1.82, 2.24) is 0 Å². The monoisotopic (exact) mass is 297 g/mol. The van der Waals surface area contributed by atoms with E-state index in [4.69, 9.17) is 17.3 Å². The Bertz CT molecular complexity index is 618. The fraction of sp³-hybridized carbons (Fsp3) is 0.143. The minimum Gasteiger partial charge on any atom is -0.326 e. The third kappa shape index (κ3) is 3.62. The molecule has 2 N–H and O–H groups in total. The Morgan fingerprint density at radius 1 is 1.21 bits per heavy atom. The average molecular weight is 298 g/mol. The molecular formula is C14H13ClFNOS. The summed E-state index contributed by atoms with van der Waals surface area (Å²) in [4.78, 5) is 0.588. The summed E-state index contributed by atoms with van der Waals surface area (Å²) < 4.78 is 25.8. The molecule has 100 valence electrons. The maximum absolute atomic E-state index is 13.7. The van der Waals surface area contributed by atoms with E-state index in [1.165, 1.54) is 6.07 Å². The van der Waals surface area contributed by atoms with Crippen molar-refractivity contribution in [3.05, 3.63) is 64.4 Å². The maximum atomic E-state index is 13.7. The summed E-state index contributed by atoms with van der Waals surface area (Å²) in [6.07, 6.45) is 0. The van der Waals surface area contributed by atoms with E-state index in [2.05, 4.69) is 0 Å². The summed E-state index contributed by atoms with van der Waals surface area (Å²) in [6, 6.07) is 11.4. The Balaban J connectivity index is 2.23. The van der Waals surface area contributed by atoms with Crippen LogP contribution in [0.4, 0.5) is 4.39 Å². The van der Waals surface area contributed by atoms with Gasteiger partial charge in [-0.05, 0) is 29.8 Å². The second-order valence-electron chi connectivity index (χ2n) is 4.08. The van der Waals surface area contributed by atoms with E-state index in [9.17, 15) is 8.60 Å². The van der Waals surface area contributed by atoms with E-state index in [1.807, 2.05) is 0 Å². The summed E-state index contributed by atoms with van der Waals surface area (Å²) in [6.45, 7) is 0.330. The van der Waals surface area contributed by atoms with Gasteiger partial charge in [0.2, 0.25) is 0 Å². The van der Waals surface area contributed by atoms with E-state index >= 15 is 0 Å². The molecule has 2 aromatic rings. The summed E-state index contributed by atoms with van der Waals surface area (Å²) in [5.74, 6) is -0.257. The SMILES string of the molecule is NCc1ccc(F)c(CS(=O)c2cccc(Cl)c2)c1. The van der Waals surface area contributed by atoms with Gasteiger partial charge in [0.25, 0.3) is 0 Å². The molecule has 0 bridgehead atoms. The van der Waals surface area contributed by atoms with Crippen molar-refractivity contribution in [3.63, 3.8) is 0 Å². The van der Waals surface area contributed by atoms with Gasteiger partial charge in [-0.1, -0.05) is 29.8 Å². The normalized spacial score (nSPS) is 12.4. The Labute approximate surface area is 118 Å². The first-order valence-electron chi connectivity index (χ1n) is 5.71. The third-order valence-electron chi connectivity index (χ3n) is 2.69. The number of rotatable bonds is 4. The van der Waals surface area contributed by atoms with Gasteiger partial charge in [-0.15, -0.1) is 0 Å². The van der Waals surface area contributed by atoms with Crippen molar-refractivity contribution < 1.29 is 8.60 Å². The quantitative estimate of drug-likeness (QED) is 0.941. The lowest BCUT2D eigenvalue weighted by Gasteiger charge is -2.06. The molecule has 2 nitrogen and oxygen atoms in total. The summed E-state index contributed by atoms with van der Waals surface area (Å²) >= 11 is 5.85. The highest BCUT2D eigenvalue weighted by atomic mass is 35.5. The molecule has 0 saturated heterocycles. The van der Waals surface area contributed by atoms with Gasteiger partial charge < -0.3 is 5.73 Å². The molecule has 0 aromatic heterocycles. The van der Waals surface area contributed by atoms with Gasteiger partial charge in [-0.25, -0.2) is 4.39 Å². The predicted molar refractivity (Wildman–Crippen MR) is 75.9 cm³/mol. The number of hydrogen-bond acceptors (Lipinski definition) is 2. The maximum Gasteiger partial charge on any atom is 0.127 e. The van der Waals surface area contributed by atoms with Gasteiger partial charge in [0.05, 0.1) is 16.6 Å². The van der Waals surface area contributed by atoms with Crippen LogP contribution in [0.25, 0.3) is 0 Å².